The molecule has 0 aliphatic rings. The minimum Gasteiger partial charge on any atom is -0.477 e. The molecule has 1 N–H and O–H groups in total. The number of nitrogens with zero attached hydrogens (tertiary/aromatic N) is 1. The number of aliphatic carboxylic acids is 1. The zero-order valence-corrected chi connectivity index (χ0v) is 4.87. The summed E-state index contributed by atoms with van der Waals surface area (Å²) in [5.74, 6) is -1.09. The van der Waals surface area contributed by atoms with Crippen LogP contribution < -0.4 is 0 Å². The zero-order valence-electron chi connectivity index (χ0n) is 4.87. The number of aliphatic imine (C=N–C) groups is 1. The lowest BCUT2D eigenvalue weighted by Crippen LogP contribution is -1.95. The first-order valence-electron chi connectivity index (χ1n) is 2.25. The summed E-state index contributed by atoms with van der Waals surface area (Å²) in [7, 11) is 0. The molecule has 0 rings (SSSR count). The predicted octanol–water partition coefficient (Wildman–Crippen LogP) is 0.841. The second-order valence-corrected chi connectivity index (χ2v) is 1.25. The van der Waals surface area contributed by atoms with Crippen molar-refractivity contribution in [3.63, 3.8) is 0 Å². The van der Waals surface area contributed by atoms with Crippen molar-refractivity contribution in [1.29, 1.82) is 0 Å². The monoisotopic (exact) mass is 125 g/mol. The Bertz CT molecular complexity index is 170. The molecule has 0 aliphatic carbocycles. The molecule has 0 amide bonds. The van der Waals surface area contributed by atoms with Crippen LogP contribution in [-0.2, 0) is 4.79 Å². The van der Waals surface area contributed by atoms with Crippen molar-refractivity contribution >= 4 is 12.7 Å². The largest absolute Gasteiger partial charge is 0.477 e. The van der Waals surface area contributed by atoms with Crippen molar-refractivity contribution in [3.8, 4) is 0 Å². The van der Waals surface area contributed by atoms with Gasteiger partial charge in [0.1, 0.15) is 5.70 Å². The molecule has 48 valence electrons. The van der Waals surface area contributed by atoms with Crippen molar-refractivity contribution < 1.29 is 9.90 Å². The molecule has 0 spiro atoms. The normalized spacial score (nSPS) is 10.4. The number of allylic oxidation sites excluding steroid dienone is 2. The van der Waals surface area contributed by atoms with E-state index in [1.165, 1.54) is 12.2 Å². The lowest BCUT2D eigenvalue weighted by Gasteiger charge is -1.86. The van der Waals surface area contributed by atoms with Crippen molar-refractivity contribution in [2.45, 2.75) is 0 Å². The molecule has 0 fully saturated rings. The third-order valence-electron chi connectivity index (χ3n) is 0.665. The molecule has 0 aromatic heterocycles. The van der Waals surface area contributed by atoms with Crippen molar-refractivity contribution in [2.24, 2.45) is 4.99 Å². The van der Waals surface area contributed by atoms with Gasteiger partial charge >= 0.3 is 5.97 Å². The van der Waals surface area contributed by atoms with Gasteiger partial charge in [-0.05, 0) is 12.8 Å². The molecular formula is C6H7NO2. The van der Waals surface area contributed by atoms with Gasteiger partial charge in [0.15, 0.2) is 0 Å². The fourth-order valence-electron chi connectivity index (χ4n) is 0.303. The molecule has 0 bridgehead atoms. The molecule has 0 aliphatic heterocycles. The quantitative estimate of drug-likeness (QED) is 0.345. The van der Waals surface area contributed by atoms with Gasteiger partial charge in [0.05, 0.1) is 0 Å². The third-order valence-corrected chi connectivity index (χ3v) is 0.665. The van der Waals surface area contributed by atoms with Gasteiger partial charge in [0, 0.05) is 0 Å². The van der Waals surface area contributed by atoms with Gasteiger partial charge in [-0.25, -0.2) is 4.79 Å². The van der Waals surface area contributed by atoms with Gasteiger partial charge in [0.25, 0.3) is 0 Å². The van der Waals surface area contributed by atoms with E-state index in [2.05, 4.69) is 18.3 Å². The number of carboxylic acid groups (broad SMARTS) is 1. The fourth-order valence-corrected chi connectivity index (χ4v) is 0.303. The second kappa shape index (κ2) is 3.60. The van der Waals surface area contributed by atoms with Gasteiger partial charge in [-0.1, -0.05) is 12.7 Å². The van der Waals surface area contributed by atoms with E-state index in [1.54, 1.807) is 0 Å². The Kier molecular flexibility index (Phi) is 3.05. The van der Waals surface area contributed by atoms with Crippen LogP contribution in [0.4, 0.5) is 0 Å². The number of carbonyl (C=O) groups is 1. The van der Waals surface area contributed by atoms with E-state index >= 15 is 0 Å². The summed E-state index contributed by atoms with van der Waals surface area (Å²) < 4.78 is 0. The average molecular weight is 125 g/mol. The first kappa shape index (κ1) is 7.62. The summed E-state index contributed by atoms with van der Waals surface area (Å²) in [5, 5.41) is 8.25. The van der Waals surface area contributed by atoms with Crippen LogP contribution in [0.2, 0.25) is 0 Å². The Balaban J connectivity index is 4.32. The van der Waals surface area contributed by atoms with Crippen LogP contribution in [0.25, 0.3) is 0 Å². The van der Waals surface area contributed by atoms with Crippen molar-refractivity contribution in [2.75, 3.05) is 0 Å². The van der Waals surface area contributed by atoms with E-state index in [9.17, 15) is 4.79 Å². The number of hydrogen-bond donors (Lipinski definition) is 1. The average Bonchev–Trinajstić information content (AvgIpc) is 1.82. The van der Waals surface area contributed by atoms with Crippen molar-refractivity contribution in [1.82, 2.24) is 0 Å². The molecule has 0 radical (unpaired) electrons. The van der Waals surface area contributed by atoms with Gasteiger partial charge < -0.3 is 5.11 Å². The highest BCUT2D eigenvalue weighted by Gasteiger charge is 1.99. The highest BCUT2D eigenvalue weighted by atomic mass is 16.4. The smallest absolute Gasteiger partial charge is 0.354 e. The van der Waals surface area contributed by atoms with Gasteiger partial charge in [0.2, 0.25) is 0 Å². The van der Waals surface area contributed by atoms with Crippen LogP contribution in [0.1, 0.15) is 0 Å². The highest BCUT2D eigenvalue weighted by Crippen LogP contribution is 1.93. The summed E-state index contributed by atoms with van der Waals surface area (Å²) in [4.78, 5) is 13.3. The summed E-state index contributed by atoms with van der Waals surface area (Å²) >= 11 is 0. The molecule has 0 saturated heterocycles. The SMILES string of the molecule is C=CC=C(N=C)C(=O)O. The van der Waals surface area contributed by atoms with E-state index < -0.39 is 5.97 Å². The summed E-state index contributed by atoms with van der Waals surface area (Å²) in [6, 6.07) is 0. The van der Waals surface area contributed by atoms with E-state index in [1.807, 2.05) is 0 Å². The Morgan fingerprint density at radius 2 is 2.22 bits per heavy atom. The minimum absolute atomic E-state index is 0.0926. The second-order valence-electron chi connectivity index (χ2n) is 1.25. The Labute approximate surface area is 53.0 Å². The lowest BCUT2D eigenvalue weighted by molar-refractivity contribution is -0.132. The van der Waals surface area contributed by atoms with Crippen LogP contribution in [0.15, 0.2) is 29.4 Å². The molecule has 9 heavy (non-hydrogen) atoms. The standard InChI is InChI=1S/C6H7NO2/c1-3-4-5(7-2)6(8)9/h3-4H,1-2H2,(H,8,9). The molecule has 0 atom stereocenters. The Morgan fingerprint density at radius 3 is 2.33 bits per heavy atom. The number of rotatable bonds is 3. The van der Waals surface area contributed by atoms with Gasteiger partial charge in [-0.15, -0.1) is 0 Å². The molecule has 0 unspecified atom stereocenters. The predicted molar refractivity (Wildman–Crippen MR) is 35.5 cm³/mol. The maximum Gasteiger partial charge on any atom is 0.354 e. The van der Waals surface area contributed by atoms with E-state index in [-0.39, 0.29) is 5.70 Å². The van der Waals surface area contributed by atoms with Crippen LogP contribution in [0, 0.1) is 0 Å². The maximum absolute atomic E-state index is 10.1. The van der Waals surface area contributed by atoms with E-state index in [0.717, 1.165) is 0 Å². The van der Waals surface area contributed by atoms with Crippen LogP contribution >= 0.6 is 0 Å². The van der Waals surface area contributed by atoms with Crippen molar-refractivity contribution in [3.05, 3.63) is 24.4 Å². The Hall–Kier alpha value is -1.38. The molecule has 3 nitrogen and oxygen atoms in total. The molecule has 3 heteroatoms. The van der Waals surface area contributed by atoms with Gasteiger partial charge in [-0.2, -0.15) is 0 Å². The van der Waals surface area contributed by atoms with E-state index in [4.69, 9.17) is 5.11 Å². The van der Waals surface area contributed by atoms with E-state index in [0.29, 0.717) is 0 Å². The lowest BCUT2D eigenvalue weighted by atomic mass is 10.4. The van der Waals surface area contributed by atoms with Crippen LogP contribution in [0.3, 0.4) is 0 Å². The molecule has 0 saturated carbocycles. The first-order chi connectivity index (χ1) is 4.22. The van der Waals surface area contributed by atoms with Gasteiger partial charge in [-0.3, -0.25) is 4.99 Å². The topological polar surface area (TPSA) is 49.7 Å². The maximum atomic E-state index is 10.1. The number of hydrogen-bond acceptors (Lipinski definition) is 2. The molecule has 0 aromatic carbocycles. The summed E-state index contributed by atoms with van der Waals surface area (Å²) in [6.45, 7) is 6.36. The first-order valence-corrected chi connectivity index (χ1v) is 2.25. The minimum atomic E-state index is -1.09. The van der Waals surface area contributed by atoms with Crippen LogP contribution in [0.5, 0.6) is 0 Å². The summed E-state index contributed by atoms with van der Waals surface area (Å²) in [6.07, 6.45) is 2.62. The zero-order chi connectivity index (χ0) is 7.28. The van der Waals surface area contributed by atoms with Crippen LogP contribution in [-0.4, -0.2) is 17.8 Å². The Morgan fingerprint density at radius 1 is 1.67 bits per heavy atom. The third kappa shape index (κ3) is 2.43. The molecular weight excluding hydrogens is 118 g/mol. The summed E-state index contributed by atoms with van der Waals surface area (Å²) in [5.41, 5.74) is -0.0926. The molecule has 0 aromatic rings. The highest BCUT2D eigenvalue weighted by molar-refractivity contribution is 5.87. The fraction of sp³-hybridized carbons (Fsp3) is 0. The molecule has 0 heterocycles. The number of carboxylic acids is 1.